The van der Waals surface area contributed by atoms with Crippen molar-refractivity contribution in [3.8, 4) is 0 Å². The Bertz CT molecular complexity index is 231. The van der Waals surface area contributed by atoms with Gasteiger partial charge in [0.1, 0.15) is 0 Å². The number of halogens is 1. The Labute approximate surface area is 66.2 Å². The van der Waals surface area contributed by atoms with Gasteiger partial charge in [0, 0.05) is 13.1 Å². The van der Waals surface area contributed by atoms with E-state index in [0.29, 0.717) is 0 Å². The topological polar surface area (TPSA) is 34.9 Å². The standard InChI is InChI=1S/C5H5IN2O/c1-4(9)8-3-5(6)2-7-8/h2-3H,1H3. The maximum absolute atomic E-state index is 10.6. The Morgan fingerprint density at radius 3 is 2.78 bits per heavy atom. The molecule has 0 aliphatic carbocycles. The Kier molecular flexibility index (Phi) is 1.84. The van der Waals surface area contributed by atoms with Crippen LogP contribution in [0, 0.1) is 3.57 Å². The van der Waals surface area contributed by atoms with Crippen LogP contribution in [0.15, 0.2) is 12.4 Å². The molecule has 0 unspecified atom stereocenters. The van der Waals surface area contributed by atoms with Gasteiger partial charge in [0.2, 0.25) is 5.91 Å². The molecule has 3 nitrogen and oxygen atoms in total. The van der Waals surface area contributed by atoms with E-state index in [1.165, 1.54) is 11.6 Å². The number of hydrogen-bond donors (Lipinski definition) is 0. The highest BCUT2D eigenvalue weighted by Crippen LogP contribution is 1.99. The molecule has 9 heavy (non-hydrogen) atoms. The van der Waals surface area contributed by atoms with Gasteiger partial charge in [0.25, 0.3) is 0 Å². The van der Waals surface area contributed by atoms with Gasteiger partial charge in [-0.1, -0.05) is 0 Å². The third-order valence-corrected chi connectivity index (χ3v) is 1.43. The fourth-order valence-corrected chi connectivity index (χ4v) is 0.861. The molecule has 48 valence electrons. The van der Waals surface area contributed by atoms with E-state index in [4.69, 9.17) is 0 Å². The first kappa shape index (κ1) is 6.73. The molecule has 1 aromatic rings. The molecule has 0 aliphatic heterocycles. The van der Waals surface area contributed by atoms with Gasteiger partial charge in [-0.15, -0.1) is 0 Å². The molecule has 0 spiro atoms. The molecule has 1 aromatic heterocycles. The molecule has 4 heteroatoms. The summed E-state index contributed by atoms with van der Waals surface area (Å²) in [6.07, 6.45) is 3.32. The normalized spacial score (nSPS) is 9.56. The van der Waals surface area contributed by atoms with Crippen molar-refractivity contribution in [1.29, 1.82) is 0 Å². The zero-order valence-corrected chi connectivity index (χ0v) is 6.99. The van der Waals surface area contributed by atoms with E-state index in [-0.39, 0.29) is 5.91 Å². The molecule has 0 radical (unpaired) electrons. The summed E-state index contributed by atoms with van der Waals surface area (Å²) < 4.78 is 2.28. The number of nitrogens with zero attached hydrogens (tertiary/aromatic N) is 2. The first-order valence-electron chi connectivity index (χ1n) is 2.41. The quantitative estimate of drug-likeness (QED) is 0.633. The van der Waals surface area contributed by atoms with E-state index in [0.717, 1.165) is 3.57 Å². The average Bonchev–Trinajstić information content (AvgIpc) is 2.14. The van der Waals surface area contributed by atoms with Crippen molar-refractivity contribution in [3.63, 3.8) is 0 Å². The summed E-state index contributed by atoms with van der Waals surface area (Å²) in [5.41, 5.74) is 0. The Hall–Kier alpha value is -0.390. The number of aromatic nitrogens is 2. The molecule has 0 bridgehead atoms. The van der Waals surface area contributed by atoms with Crippen LogP contribution in [0.5, 0.6) is 0 Å². The number of hydrogen-bond acceptors (Lipinski definition) is 2. The molecule has 0 N–H and O–H groups in total. The summed E-state index contributed by atoms with van der Waals surface area (Å²) in [5.74, 6) is -0.0575. The average molecular weight is 236 g/mol. The van der Waals surface area contributed by atoms with Gasteiger partial charge in [0.05, 0.1) is 9.77 Å². The second-order valence-corrected chi connectivity index (χ2v) is 2.87. The Morgan fingerprint density at radius 1 is 1.89 bits per heavy atom. The molecule has 1 heterocycles. The molecule has 0 fully saturated rings. The molecular weight excluding hydrogens is 231 g/mol. The first-order chi connectivity index (χ1) is 4.20. The minimum atomic E-state index is -0.0575. The summed E-state index contributed by atoms with van der Waals surface area (Å²) in [6, 6.07) is 0. The van der Waals surface area contributed by atoms with Crippen LogP contribution in [0.25, 0.3) is 0 Å². The fraction of sp³-hybridized carbons (Fsp3) is 0.200. The van der Waals surface area contributed by atoms with Crippen LogP contribution in [0.1, 0.15) is 11.7 Å². The van der Waals surface area contributed by atoms with Gasteiger partial charge in [-0.3, -0.25) is 4.79 Å². The zero-order chi connectivity index (χ0) is 6.85. The summed E-state index contributed by atoms with van der Waals surface area (Å²) >= 11 is 2.10. The fourth-order valence-electron chi connectivity index (χ4n) is 0.473. The van der Waals surface area contributed by atoms with Gasteiger partial charge in [0.15, 0.2) is 0 Å². The Morgan fingerprint density at radius 2 is 2.56 bits per heavy atom. The third kappa shape index (κ3) is 1.51. The second-order valence-electron chi connectivity index (χ2n) is 1.62. The van der Waals surface area contributed by atoms with Gasteiger partial charge < -0.3 is 0 Å². The highest BCUT2D eigenvalue weighted by molar-refractivity contribution is 14.1. The summed E-state index contributed by atoms with van der Waals surface area (Å²) in [7, 11) is 0. The number of carbonyl (C=O) groups excluding carboxylic acids is 1. The predicted octanol–water partition coefficient (Wildman–Crippen LogP) is 1.15. The van der Waals surface area contributed by atoms with Crippen LogP contribution in [0.2, 0.25) is 0 Å². The van der Waals surface area contributed by atoms with Crippen LogP contribution >= 0.6 is 22.6 Å². The third-order valence-electron chi connectivity index (χ3n) is 0.874. The van der Waals surface area contributed by atoms with Gasteiger partial charge in [-0.2, -0.15) is 5.10 Å². The number of rotatable bonds is 0. The van der Waals surface area contributed by atoms with Gasteiger partial charge in [-0.25, -0.2) is 4.68 Å². The lowest BCUT2D eigenvalue weighted by Crippen LogP contribution is -2.04. The molecule has 0 saturated heterocycles. The number of carbonyl (C=O) groups is 1. The van der Waals surface area contributed by atoms with Crippen molar-refractivity contribution in [2.45, 2.75) is 6.92 Å². The smallest absolute Gasteiger partial charge is 0.243 e. The molecule has 0 atom stereocenters. The highest BCUT2D eigenvalue weighted by Gasteiger charge is 1.96. The van der Waals surface area contributed by atoms with E-state index >= 15 is 0 Å². The van der Waals surface area contributed by atoms with Crippen LogP contribution in [0.3, 0.4) is 0 Å². The van der Waals surface area contributed by atoms with Crippen molar-refractivity contribution in [3.05, 3.63) is 16.0 Å². The predicted molar refractivity (Wildman–Crippen MR) is 41.2 cm³/mol. The van der Waals surface area contributed by atoms with Crippen molar-refractivity contribution in [2.75, 3.05) is 0 Å². The lowest BCUT2D eigenvalue weighted by molar-refractivity contribution is 0.0921. The summed E-state index contributed by atoms with van der Waals surface area (Å²) in [4.78, 5) is 10.6. The largest absolute Gasteiger partial charge is 0.273 e. The molecule has 1 rings (SSSR count). The van der Waals surface area contributed by atoms with Gasteiger partial charge in [-0.05, 0) is 22.6 Å². The van der Waals surface area contributed by atoms with E-state index in [1.807, 2.05) is 0 Å². The van der Waals surface area contributed by atoms with Crippen molar-refractivity contribution in [2.24, 2.45) is 0 Å². The summed E-state index contributed by atoms with van der Waals surface area (Å²) in [6.45, 7) is 1.48. The lowest BCUT2D eigenvalue weighted by Gasteiger charge is -1.87. The van der Waals surface area contributed by atoms with Crippen molar-refractivity contribution >= 4 is 28.5 Å². The van der Waals surface area contributed by atoms with Crippen LogP contribution in [-0.2, 0) is 0 Å². The maximum Gasteiger partial charge on any atom is 0.243 e. The van der Waals surface area contributed by atoms with E-state index in [1.54, 1.807) is 12.4 Å². The van der Waals surface area contributed by atoms with Crippen molar-refractivity contribution < 1.29 is 4.79 Å². The molecule has 0 saturated carbocycles. The summed E-state index contributed by atoms with van der Waals surface area (Å²) in [5, 5.41) is 3.77. The van der Waals surface area contributed by atoms with Crippen LogP contribution < -0.4 is 0 Å². The minimum absolute atomic E-state index is 0.0575. The van der Waals surface area contributed by atoms with Gasteiger partial charge >= 0.3 is 0 Å². The minimum Gasteiger partial charge on any atom is -0.273 e. The maximum atomic E-state index is 10.6. The highest BCUT2D eigenvalue weighted by atomic mass is 127. The monoisotopic (exact) mass is 236 g/mol. The molecule has 0 amide bonds. The van der Waals surface area contributed by atoms with Crippen molar-refractivity contribution in [1.82, 2.24) is 9.78 Å². The van der Waals surface area contributed by atoms with E-state index in [2.05, 4.69) is 27.7 Å². The Balaban J connectivity index is 2.98. The van der Waals surface area contributed by atoms with E-state index in [9.17, 15) is 4.79 Å². The molecule has 0 aliphatic rings. The first-order valence-corrected chi connectivity index (χ1v) is 3.49. The zero-order valence-electron chi connectivity index (χ0n) is 4.84. The molecule has 0 aromatic carbocycles. The van der Waals surface area contributed by atoms with Crippen LogP contribution in [0.4, 0.5) is 0 Å². The molecular formula is C5H5IN2O. The lowest BCUT2D eigenvalue weighted by atomic mass is 10.7. The van der Waals surface area contributed by atoms with E-state index < -0.39 is 0 Å². The SMILES string of the molecule is CC(=O)n1cc(I)cn1. The second kappa shape index (κ2) is 2.47. The van der Waals surface area contributed by atoms with Crippen LogP contribution in [-0.4, -0.2) is 15.7 Å².